The van der Waals surface area contributed by atoms with Gasteiger partial charge in [-0.05, 0) is 56.9 Å². The van der Waals surface area contributed by atoms with Crippen LogP contribution in [0.3, 0.4) is 0 Å². The quantitative estimate of drug-likeness (QED) is 0.166. The summed E-state index contributed by atoms with van der Waals surface area (Å²) in [4.78, 5) is 20.5. The van der Waals surface area contributed by atoms with Gasteiger partial charge in [0.2, 0.25) is 0 Å². The maximum absolute atomic E-state index is 5.20. The largest absolute Gasteiger partial charge is 0.236 e. The number of hydrogen-bond donors (Lipinski definition) is 0. The Hall–Kier alpha value is -6.60. The SMILES string of the molecule is c1ccc(-c2nc(-c3ccc(-c4cc5ccccc5c5ccccc45)cc3)nc(-c3cccc4sc5cc6sc(-c7ccccc7)nc6cc5c34)n2)cc1. The highest BCUT2D eigenvalue weighted by atomic mass is 32.1. The van der Waals surface area contributed by atoms with Crippen molar-refractivity contribution in [1.29, 1.82) is 0 Å². The van der Waals surface area contributed by atoms with Crippen LogP contribution in [0.1, 0.15) is 0 Å². The highest BCUT2D eigenvalue weighted by molar-refractivity contribution is 7.26. The van der Waals surface area contributed by atoms with Crippen LogP contribution in [0, 0.1) is 0 Å². The first-order chi connectivity index (χ1) is 26.7. The molecule has 0 aliphatic rings. The number of fused-ring (bicyclic) bond motifs is 7. The van der Waals surface area contributed by atoms with Gasteiger partial charge in [0.1, 0.15) is 5.01 Å². The van der Waals surface area contributed by atoms with Crippen LogP contribution < -0.4 is 0 Å². The molecule has 0 spiro atoms. The molecule has 54 heavy (non-hydrogen) atoms. The summed E-state index contributed by atoms with van der Waals surface area (Å²) in [5.41, 5.74) is 7.36. The number of hydrogen-bond acceptors (Lipinski definition) is 6. The lowest BCUT2D eigenvalue weighted by Crippen LogP contribution is -2.00. The minimum Gasteiger partial charge on any atom is -0.236 e. The average molecular weight is 725 g/mol. The summed E-state index contributed by atoms with van der Waals surface area (Å²) in [6, 6.07) is 59.8. The normalized spacial score (nSPS) is 11.7. The van der Waals surface area contributed by atoms with Crippen molar-refractivity contribution in [3.05, 3.63) is 170 Å². The van der Waals surface area contributed by atoms with E-state index in [2.05, 4.69) is 146 Å². The van der Waals surface area contributed by atoms with E-state index < -0.39 is 0 Å². The van der Waals surface area contributed by atoms with Crippen molar-refractivity contribution in [3.63, 3.8) is 0 Å². The monoisotopic (exact) mass is 724 g/mol. The van der Waals surface area contributed by atoms with Crippen molar-refractivity contribution >= 4 is 74.6 Å². The molecule has 0 bridgehead atoms. The van der Waals surface area contributed by atoms with Crippen LogP contribution in [0.15, 0.2) is 170 Å². The van der Waals surface area contributed by atoms with Crippen LogP contribution in [0.5, 0.6) is 0 Å². The van der Waals surface area contributed by atoms with Gasteiger partial charge in [0.15, 0.2) is 17.5 Å². The average Bonchev–Trinajstić information content (AvgIpc) is 3.83. The van der Waals surface area contributed by atoms with E-state index in [1.165, 1.54) is 41.2 Å². The van der Waals surface area contributed by atoms with Gasteiger partial charge < -0.3 is 0 Å². The Morgan fingerprint density at radius 3 is 1.74 bits per heavy atom. The molecule has 4 nitrogen and oxygen atoms in total. The molecular formula is C48H28N4S2. The van der Waals surface area contributed by atoms with Crippen molar-refractivity contribution in [2.24, 2.45) is 0 Å². The fourth-order valence-electron chi connectivity index (χ4n) is 7.57. The Morgan fingerprint density at radius 2 is 0.963 bits per heavy atom. The first-order valence-corrected chi connectivity index (χ1v) is 19.5. The van der Waals surface area contributed by atoms with Gasteiger partial charge in [0.25, 0.3) is 0 Å². The first kappa shape index (κ1) is 31.0. The third-order valence-corrected chi connectivity index (χ3v) is 12.3. The lowest BCUT2D eigenvalue weighted by atomic mass is 9.93. The van der Waals surface area contributed by atoms with Gasteiger partial charge in [0, 0.05) is 42.4 Å². The Morgan fingerprint density at radius 1 is 0.333 bits per heavy atom. The summed E-state index contributed by atoms with van der Waals surface area (Å²) in [6.45, 7) is 0. The molecular weight excluding hydrogens is 697 g/mol. The Kier molecular flexibility index (Phi) is 7.18. The van der Waals surface area contributed by atoms with E-state index in [-0.39, 0.29) is 0 Å². The number of aromatic nitrogens is 4. The smallest absolute Gasteiger partial charge is 0.164 e. The molecule has 0 N–H and O–H groups in total. The summed E-state index contributed by atoms with van der Waals surface area (Å²) in [5, 5.41) is 8.32. The lowest BCUT2D eigenvalue weighted by Gasteiger charge is -2.12. The molecule has 0 saturated heterocycles. The van der Waals surface area contributed by atoms with Gasteiger partial charge in [-0.15, -0.1) is 22.7 Å². The number of benzene rings is 8. The fraction of sp³-hybridized carbons (Fsp3) is 0. The molecule has 0 atom stereocenters. The summed E-state index contributed by atoms with van der Waals surface area (Å²) >= 11 is 3.54. The lowest BCUT2D eigenvalue weighted by molar-refractivity contribution is 1.08. The molecule has 11 rings (SSSR count). The topological polar surface area (TPSA) is 51.6 Å². The number of nitrogens with zero attached hydrogens (tertiary/aromatic N) is 4. The second-order valence-corrected chi connectivity index (χ2v) is 15.5. The van der Waals surface area contributed by atoms with E-state index in [0.29, 0.717) is 17.5 Å². The molecule has 6 heteroatoms. The third kappa shape index (κ3) is 5.18. The zero-order chi connectivity index (χ0) is 35.6. The van der Waals surface area contributed by atoms with Crippen LogP contribution in [-0.4, -0.2) is 19.9 Å². The molecule has 0 amide bonds. The second-order valence-electron chi connectivity index (χ2n) is 13.4. The van der Waals surface area contributed by atoms with Crippen LogP contribution in [0.25, 0.3) is 108 Å². The van der Waals surface area contributed by atoms with Crippen molar-refractivity contribution in [1.82, 2.24) is 19.9 Å². The standard InChI is InChI=1S/C48H28N4S2/c1-3-12-30(13-4-1)45-50-46(31-24-22-29(23-25-31)38-26-33-16-7-8-17-34(33)35-18-9-10-19-36(35)38)52-47(51-45)37-20-11-21-41-44(37)39-27-40-43(28-42(39)53-41)54-48(49-40)32-14-5-2-6-15-32/h1-28H. The first-order valence-electron chi connectivity index (χ1n) is 17.9. The zero-order valence-electron chi connectivity index (χ0n) is 28.8. The molecule has 0 aliphatic carbocycles. The second kappa shape index (κ2) is 12.5. The van der Waals surface area contributed by atoms with Crippen molar-refractivity contribution in [3.8, 4) is 55.9 Å². The molecule has 8 aromatic carbocycles. The summed E-state index contributed by atoms with van der Waals surface area (Å²) in [7, 11) is 0. The number of thiazole rings is 1. The highest BCUT2D eigenvalue weighted by Gasteiger charge is 2.19. The Balaban J connectivity index is 1.06. The fourth-order valence-corrected chi connectivity index (χ4v) is 9.79. The van der Waals surface area contributed by atoms with E-state index in [0.717, 1.165) is 49.1 Å². The van der Waals surface area contributed by atoms with Gasteiger partial charge in [-0.2, -0.15) is 0 Å². The predicted molar refractivity (Wildman–Crippen MR) is 228 cm³/mol. The molecule has 3 aromatic heterocycles. The molecule has 11 aromatic rings. The third-order valence-electron chi connectivity index (χ3n) is 10.2. The van der Waals surface area contributed by atoms with Gasteiger partial charge in [0.05, 0.1) is 10.2 Å². The number of thiophene rings is 1. The minimum absolute atomic E-state index is 0.639. The zero-order valence-corrected chi connectivity index (χ0v) is 30.4. The molecule has 0 radical (unpaired) electrons. The van der Waals surface area contributed by atoms with Crippen LogP contribution in [0.4, 0.5) is 0 Å². The van der Waals surface area contributed by atoms with Crippen LogP contribution in [0.2, 0.25) is 0 Å². The Bertz CT molecular complexity index is 3200. The van der Waals surface area contributed by atoms with Crippen molar-refractivity contribution in [2.75, 3.05) is 0 Å². The number of rotatable bonds is 5. The maximum atomic E-state index is 5.20. The molecule has 3 heterocycles. The molecule has 252 valence electrons. The van der Waals surface area contributed by atoms with E-state index in [9.17, 15) is 0 Å². The molecule has 0 saturated carbocycles. The van der Waals surface area contributed by atoms with Gasteiger partial charge in [-0.25, -0.2) is 19.9 Å². The van der Waals surface area contributed by atoms with Crippen molar-refractivity contribution < 1.29 is 0 Å². The minimum atomic E-state index is 0.639. The van der Waals surface area contributed by atoms with E-state index in [1.54, 1.807) is 22.7 Å². The van der Waals surface area contributed by atoms with Gasteiger partial charge in [-0.1, -0.05) is 146 Å². The summed E-state index contributed by atoms with van der Waals surface area (Å²) in [5.74, 6) is 1.93. The van der Waals surface area contributed by atoms with Crippen molar-refractivity contribution in [2.45, 2.75) is 0 Å². The Labute approximate surface area is 318 Å². The highest BCUT2D eigenvalue weighted by Crippen LogP contribution is 2.43. The van der Waals surface area contributed by atoms with E-state index >= 15 is 0 Å². The predicted octanol–water partition coefficient (Wildman–Crippen LogP) is 13.5. The molecule has 0 aliphatic heterocycles. The van der Waals surface area contributed by atoms with E-state index in [1.807, 2.05) is 24.3 Å². The van der Waals surface area contributed by atoms with Crippen LogP contribution >= 0.6 is 22.7 Å². The maximum Gasteiger partial charge on any atom is 0.164 e. The van der Waals surface area contributed by atoms with Gasteiger partial charge in [-0.3, -0.25) is 0 Å². The summed E-state index contributed by atoms with van der Waals surface area (Å²) in [6.07, 6.45) is 0. The molecule has 0 unspecified atom stereocenters. The van der Waals surface area contributed by atoms with Crippen LogP contribution in [-0.2, 0) is 0 Å². The van der Waals surface area contributed by atoms with E-state index in [4.69, 9.17) is 19.9 Å². The summed E-state index contributed by atoms with van der Waals surface area (Å²) < 4.78 is 3.60. The van der Waals surface area contributed by atoms with Gasteiger partial charge >= 0.3 is 0 Å². The molecule has 0 fully saturated rings.